The molecule has 4 heterocycles. The number of benzene rings is 1. The largest absolute Gasteiger partial charge is 0.481 e. The lowest BCUT2D eigenvalue weighted by Gasteiger charge is -2.37. The van der Waals surface area contributed by atoms with Crippen LogP contribution in [0.4, 0.5) is 4.39 Å². The Morgan fingerprint density at radius 2 is 1.94 bits per heavy atom. The summed E-state index contributed by atoms with van der Waals surface area (Å²) in [5.41, 5.74) is 3.26. The van der Waals surface area contributed by atoms with E-state index in [0.29, 0.717) is 52.1 Å². The van der Waals surface area contributed by atoms with Gasteiger partial charge >= 0.3 is 5.97 Å². The van der Waals surface area contributed by atoms with Crippen molar-refractivity contribution >= 4 is 22.9 Å². The van der Waals surface area contributed by atoms with Crippen molar-refractivity contribution in [2.45, 2.75) is 39.3 Å². The first-order valence-electron chi connectivity index (χ1n) is 11.8. The van der Waals surface area contributed by atoms with Crippen LogP contribution in [-0.4, -0.2) is 62.5 Å². The number of fused-ring (bicyclic) bond motifs is 3. The van der Waals surface area contributed by atoms with E-state index in [1.165, 1.54) is 17.7 Å². The molecule has 7 nitrogen and oxygen atoms in total. The minimum Gasteiger partial charge on any atom is -0.481 e. The Bertz CT molecular complexity index is 1250. The van der Waals surface area contributed by atoms with Gasteiger partial charge in [0.25, 0.3) is 0 Å². The van der Waals surface area contributed by atoms with Crippen LogP contribution in [0.2, 0.25) is 0 Å². The molecule has 0 saturated carbocycles. The van der Waals surface area contributed by atoms with Gasteiger partial charge in [0.15, 0.2) is 0 Å². The number of carboxylic acid groups (broad SMARTS) is 1. The first-order chi connectivity index (χ1) is 16.3. The van der Waals surface area contributed by atoms with Crippen LogP contribution in [0.3, 0.4) is 0 Å². The summed E-state index contributed by atoms with van der Waals surface area (Å²) in [6.45, 7) is 4.91. The van der Waals surface area contributed by atoms with E-state index in [-0.39, 0.29) is 11.7 Å². The number of rotatable bonds is 5. The van der Waals surface area contributed by atoms with Gasteiger partial charge in [-0.3, -0.25) is 14.5 Å². The Labute approximate surface area is 197 Å². The summed E-state index contributed by atoms with van der Waals surface area (Å²) in [5.74, 6) is -0.977. The van der Waals surface area contributed by atoms with Gasteiger partial charge in [0.2, 0.25) is 5.91 Å². The lowest BCUT2D eigenvalue weighted by atomic mass is 9.80. The molecule has 0 unspecified atom stereocenters. The van der Waals surface area contributed by atoms with E-state index in [9.17, 15) is 19.1 Å². The fourth-order valence-corrected chi connectivity index (χ4v) is 5.17. The summed E-state index contributed by atoms with van der Waals surface area (Å²) < 4.78 is 15.9. The molecule has 0 spiro atoms. The molecular weight excluding hydrogens is 435 g/mol. The number of carbonyl (C=O) groups excluding carboxylic acids is 1. The third kappa shape index (κ3) is 4.18. The number of amides is 1. The van der Waals surface area contributed by atoms with Gasteiger partial charge in [0.05, 0.1) is 18.5 Å². The third-order valence-corrected chi connectivity index (χ3v) is 7.43. The van der Waals surface area contributed by atoms with E-state index in [1.54, 1.807) is 19.2 Å². The lowest BCUT2D eigenvalue weighted by molar-refractivity contribution is -0.151. The van der Waals surface area contributed by atoms with Crippen molar-refractivity contribution < 1.29 is 19.1 Å². The minimum atomic E-state index is -0.762. The van der Waals surface area contributed by atoms with E-state index in [2.05, 4.69) is 20.5 Å². The maximum atomic E-state index is 13.8. The number of likely N-dealkylation sites (tertiary alicyclic amines) is 1. The molecule has 2 aromatic heterocycles. The highest BCUT2D eigenvalue weighted by Gasteiger charge is 2.37. The quantitative estimate of drug-likeness (QED) is 0.627. The second-order valence-corrected chi connectivity index (χ2v) is 9.72. The SMILES string of the molecule is CC1(C(=O)O)CCN(CC(=O)N2CCc3c(n(Cc4cccc(F)c4)c4ncccc34)C2)CC1. The van der Waals surface area contributed by atoms with Gasteiger partial charge in [0, 0.05) is 30.4 Å². The molecule has 2 aliphatic heterocycles. The van der Waals surface area contributed by atoms with Crippen molar-refractivity contribution in [2.75, 3.05) is 26.2 Å². The monoisotopic (exact) mass is 464 g/mol. The van der Waals surface area contributed by atoms with Gasteiger partial charge in [-0.1, -0.05) is 12.1 Å². The van der Waals surface area contributed by atoms with Gasteiger partial charge in [0.1, 0.15) is 11.5 Å². The molecule has 0 bridgehead atoms. The predicted molar refractivity (Wildman–Crippen MR) is 126 cm³/mol. The van der Waals surface area contributed by atoms with Crippen molar-refractivity contribution in [1.82, 2.24) is 19.4 Å². The zero-order valence-corrected chi connectivity index (χ0v) is 19.3. The van der Waals surface area contributed by atoms with Gasteiger partial charge in [-0.25, -0.2) is 9.37 Å². The molecule has 34 heavy (non-hydrogen) atoms. The summed E-state index contributed by atoms with van der Waals surface area (Å²) in [6, 6.07) is 10.6. The van der Waals surface area contributed by atoms with Crippen molar-refractivity contribution in [3.63, 3.8) is 0 Å². The standard InChI is InChI=1S/C26H29FN4O3/c1-26(25(33)34)8-12-29(13-9-26)17-23(32)30-11-7-20-21-6-3-10-28-24(21)31(22(20)16-30)15-18-4-2-5-19(27)14-18/h2-6,10,14H,7-9,11-13,15-17H2,1H3,(H,33,34). The van der Waals surface area contributed by atoms with Crippen LogP contribution in [-0.2, 0) is 29.1 Å². The Morgan fingerprint density at radius 3 is 2.68 bits per heavy atom. The Hall–Kier alpha value is -3.26. The molecule has 3 aromatic rings. The number of halogens is 1. The van der Waals surface area contributed by atoms with E-state index >= 15 is 0 Å². The van der Waals surface area contributed by atoms with Crippen LogP contribution in [0.25, 0.3) is 11.0 Å². The van der Waals surface area contributed by atoms with Crippen molar-refractivity contribution in [3.05, 3.63) is 65.2 Å². The first kappa shape index (κ1) is 22.5. The number of aliphatic carboxylic acids is 1. The summed E-state index contributed by atoms with van der Waals surface area (Å²) in [6.07, 6.45) is 3.61. The summed E-state index contributed by atoms with van der Waals surface area (Å²) in [4.78, 5) is 33.2. The van der Waals surface area contributed by atoms with Crippen LogP contribution in [0.1, 0.15) is 36.6 Å². The predicted octanol–water partition coefficient (Wildman–Crippen LogP) is 3.30. The Morgan fingerprint density at radius 1 is 1.15 bits per heavy atom. The normalized spacial score (nSPS) is 18.1. The summed E-state index contributed by atoms with van der Waals surface area (Å²) in [7, 11) is 0. The van der Waals surface area contributed by atoms with Crippen molar-refractivity contribution in [2.24, 2.45) is 5.41 Å². The second kappa shape index (κ2) is 8.83. The molecular formula is C26H29FN4O3. The molecule has 2 aliphatic rings. The minimum absolute atomic E-state index is 0.0556. The summed E-state index contributed by atoms with van der Waals surface area (Å²) >= 11 is 0. The van der Waals surface area contributed by atoms with E-state index < -0.39 is 11.4 Å². The second-order valence-electron chi connectivity index (χ2n) is 9.72. The lowest BCUT2D eigenvalue weighted by Crippen LogP contribution is -2.48. The van der Waals surface area contributed by atoms with E-state index in [4.69, 9.17) is 0 Å². The number of pyridine rings is 1. The summed E-state index contributed by atoms with van der Waals surface area (Å²) in [5, 5.41) is 10.5. The van der Waals surface area contributed by atoms with Crippen molar-refractivity contribution in [1.29, 1.82) is 0 Å². The molecule has 1 N–H and O–H groups in total. The van der Waals surface area contributed by atoms with Crippen LogP contribution < -0.4 is 0 Å². The molecule has 5 rings (SSSR count). The Balaban J connectivity index is 1.35. The molecule has 0 aliphatic carbocycles. The average Bonchev–Trinajstić information content (AvgIpc) is 3.13. The molecule has 0 radical (unpaired) electrons. The zero-order chi connectivity index (χ0) is 23.9. The van der Waals surface area contributed by atoms with Gasteiger partial charge in [-0.2, -0.15) is 0 Å². The van der Waals surface area contributed by atoms with Crippen molar-refractivity contribution in [3.8, 4) is 0 Å². The molecule has 0 atom stereocenters. The van der Waals surface area contributed by atoms with Gasteiger partial charge in [-0.15, -0.1) is 0 Å². The zero-order valence-electron chi connectivity index (χ0n) is 19.3. The number of carboxylic acids is 1. The number of carbonyl (C=O) groups is 2. The maximum absolute atomic E-state index is 13.8. The smallest absolute Gasteiger partial charge is 0.309 e. The molecule has 1 fully saturated rings. The molecule has 1 saturated heterocycles. The van der Waals surface area contributed by atoms with Gasteiger partial charge < -0.3 is 14.6 Å². The van der Waals surface area contributed by atoms with Crippen LogP contribution in [0, 0.1) is 11.2 Å². The molecule has 178 valence electrons. The molecule has 8 heteroatoms. The number of hydrogen-bond acceptors (Lipinski definition) is 4. The number of aromatic nitrogens is 2. The topological polar surface area (TPSA) is 78.7 Å². The average molecular weight is 465 g/mol. The van der Waals surface area contributed by atoms with E-state index in [0.717, 1.165) is 28.7 Å². The van der Waals surface area contributed by atoms with Crippen LogP contribution >= 0.6 is 0 Å². The first-order valence-corrected chi connectivity index (χ1v) is 11.8. The third-order valence-electron chi connectivity index (χ3n) is 7.43. The van der Waals surface area contributed by atoms with E-state index in [1.807, 2.05) is 17.0 Å². The van der Waals surface area contributed by atoms with Gasteiger partial charge in [-0.05, 0) is 74.7 Å². The fraction of sp³-hybridized carbons (Fsp3) is 0.423. The highest BCUT2D eigenvalue weighted by atomic mass is 19.1. The highest BCUT2D eigenvalue weighted by Crippen LogP contribution is 2.32. The molecule has 1 amide bonds. The maximum Gasteiger partial charge on any atom is 0.309 e. The van der Waals surface area contributed by atoms with Crippen LogP contribution in [0.5, 0.6) is 0 Å². The number of nitrogens with zero attached hydrogens (tertiary/aromatic N) is 4. The van der Waals surface area contributed by atoms with Crippen LogP contribution in [0.15, 0.2) is 42.6 Å². The number of piperidine rings is 1. The molecule has 1 aromatic carbocycles. The Kier molecular flexibility index (Phi) is 5.85. The number of hydrogen-bond donors (Lipinski definition) is 1. The fourth-order valence-electron chi connectivity index (χ4n) is 5.17. The highest BCUT2D eigenvalue weighted by molar-refractivity contribution is 5.84.